The number of esters is 2. The number of carbonyl (C=O) groups excluding carboxylic acids is 2. The van der Waals surface area contributed by atoms with Crippen LogP contribution in [0, 0.1) is 17.3 Å². The van der Waals surface area contributed by atoms with Crippen LogP contribution in [0.4, 0.5) is 0 Å². The molecule has 0 aromatic carbocycles. The molecule has 0 radical (unpaired) electrons. The van der Waals surface area contributed by atoms with Crippen molar-refractivity contribution in [2.24, 2.45) is 17.3 Å². The summed E-state index contributed by atoms with van der Waals surface area (Å²) >= 11 is 0. The summed E-state index contributed by atoms with van der Waals surface area (Å²) in [5, 5.41) is 0. The molecule has 0 aliphatic carbocycles. The van der Waals surface area contributed by atoms with Crippen molar-refractivity contribution in [2.45, 2.75) is 105 Å². The van der Waals surface area contributed by atoms with Crippen molar-refractivity contribution in [1.29, 1.82) is 0 Å². The Labute approximate surface area is 160 Å². The molecule has 0 saturated carbocycles. The molecular weight excluding hydrogens is 328 g/mol. The minimum atomic E-state index is -1.06. The molecule has 0 aromatic heterocycles. The van der Waals surface area contributed by atoms with E-state index >= 15 is 0 Å². The fraction of sp³-hybridized carbons (Fsp3) is 0.909. The Bertz CT molecular complexity index is 434. The van der Waals surface area contributed by atoms with Crippen LogP contribution in [-0.2, 0) is 19.1 Å². The van der Waals surface area contributed by atoms with Crippen LogP contribution in [0.1, 0.15) is 98.8 Å². The first-order valence-corrected chi connectivity index (χ1v) is 10.9. The van der Waals surface area contributed by atoms with Crippen LogP contribution in [0.25, 0.3) is 0 Å². The molecule has 1 aliphatic rings. The molecule has 0 N–H and O–H groups in total. The van der Waals surface area contributed by atoms with E-state index in [1.54, 1.807) is 0 Å². The van der Waals surface area contributed by atoms with Gasteiger partial charge in [-0.15, -0.1) is 0 Å². The molecule has 26 heavy (non-hydrogen) atoms. The van der Waals surface area contributed by atoms with E-state index in [-0.39, 0.29) is 24.0 Å². The number of unbranched alkanes of at least 4 members (excludes halogenated alkanes) is 2. The second-order valence-electron chi connectivity index (χ2n) is 7.87. The Balaban J connectivity index is 2.84. The summed E-state index contributed by atoms with van der Waals surface area (Å²) in [6.45, 7) is 11.0. The number of carbonyl (C=O) groups is 2. The smallest absolute Gasteiger partial charge is 0.327 e. The molecule has 0 aromatic rings. The maximum atomic E-state index is 13.0. The van der Waals surface area contributed by atoms with Gasteiger partial charge in [0.15, 0.2) is 0 Å². The molecule has 4 nitrogen and oxygen atoms in total. The van der Waals surface area contributed by atoms with Gasteiger partial charge in [-0.05, 0) is 37.5 Å². The third kappa shape index (κ3) is 5.23. The topological polar surface area (TPSA) is 52.6 Å². The summed E-state index contributed by atoms with van der Waals surface area (Å²) < 4.78 is 11.2. The molecular formula is C22H40O4. The van der Waals surface area contributed by atoms with Gasteiger partial charge >= 0.3 is 11.9 Å². The van der Waals surface area contributed by atoms with Crippen molar-refractivity contribution in [3.05, 3.63) is 0 Å². The van der Waals surface area contributed by atoms with E-state index in [2.05, 4.69) is 27.7 Å². The minimum Gasteiger partial charge on any atom is -0.464 e. The predicted molar refractivity (Wildman–Crippen MR) is 105 cm³/mol. The first-order chi connectivity index (χ1) is 12.5. The van der Waals surface area contributed by atoms with Crippen molar-refractivity contribution < 1.29 is 19.1 Å². The van der Waals surface area contributed by atoms with Crippen LogP contribution in [0.5, 0.6) is 0 Å². The summed E-state index contributed by atoms with van der Waals surface area (Å²) in [5.41, 5.74) is -1.06. The van der Waals surface area contributed by atoms with Gasteiger partial charge in [-0.25, -0.2) is 0 Å². The van der Waals surface area contributed by atoms with Crippen LogP contribution < -0.4 is 0 Å². The van der Waals surface area contributed by atoms with Crippen LogP contribution in [0.15, 0.2) is 0 Å². The SMILES string of the molecule is CCCCC(CC)COC(=O)C1(CCC)C(=O)OC1C(CC)CCCC. The average Bonchev–Trinajstić information content (AvgIpc) is 2.65. The van der Waals surface area contributed by atoms with Gasteiger partial charge < -0.3 is 9.47 Å². The number of hydrogen-bond donors (Lipinski definition) is 0. The summed E-state index contributed by atoms with van der Waals surface area (Å²) in [6, 6.07) is 0. The Hall–Kier alpha value is -1.06. The average molecular weight is 369 g/mol. The molecule has 1 rings (SSSR count). The zero-order valence-electron chi connectivity index (χ0n) is 17.6. The maximum absolute atomic E-state index is 13.0. The summed E-state index contributed by atoms with van der Waals surface area (Å²) in [6.07, 6.45) is 9.49. The lowest BCUT2D eigenvalue weighted by atomic mass is 9.67. The summed E-state index contributed by atoms with van der Waals surface area (Å²) in [7, 11) is 0. The van der Waals surface area contributed by atoms with Gasteiger partial charge in [-0.1, -0.05) is 73.1 Å². The third-order valence-electron chi connectivity index (χ3n) is 5.97. The molecule has 1 heterocycles. The van der Waals surface area contributed by atoms with Crippen molar-refractivity contribution in [3.63, 3.8) is 0 Å². The first-order valence-electron chi connectivity index (χ1n) is 10.9. The number of cyclic esters (lactones) is 1. The highest BCUT2D eigenvalue weighted by Gasteiger charge is 2.65. The zero-order valence-corrected chi connectivity index (χ0v) is 17.6. The second-order valence-corrected chi connectivity index (χ2v) is 7.87. The Morgan fingerprint density at radius 3 is 2.19 bits per heavy atom. The third-order valence-corrected chi connectivity index (χ3v) is 5.97. The van der Waals surface area contributed by atoms with Crippen LogP contribution >= 0.6 is 0 Å². The van der Waals surface area contributed by atoms with Crippen molar-refractivity contribution >= 4 is 11.9 Å². The predicted octanol–water partition coefficient (Wildman–Crippen LogP) is 5.67. The highest BCUT2D eigenvalue weighted by atomic mass is 16.6. The second kappa shape index (κ2) is 11.6. The molecule has 4 unspecified atom stereocenters. The Morgan fingerprint density at radius 2 is 1.69 bits per heavy atom. The van der Waals surface area contributed by atoms with E-state index in [1.165, 1.54) is 0 Å². The van der Waals surface area contributed by atoms with Crippen molar-refractivity contribution in [3.8, 4) is 0 Å². The molecule has 1 aliphatic heterocycles. The van der Waals surface area contributed by atoms with E-state index in [0.717, 1.165) is 57.8 Å². The Kier molecular flexibility index (Phi) is 10.3. The zero-order chi connectivity index (χ0) is 19.6. The number of rotatable bonds is 14. The van der Waals surface area contributed by atoms with Gasteiger partial charge in [0.2, 0.25) is 5.41 Å². The molecule has 0 spiro atoms. The van der Waals surface area contributed by atoms with E-state index in [1.807, 2.05) is 6.92 Å². The van der Waals surface area contributed by atoms with Crippen LogP contribution in [0.3, 0.4) is 0 Å². The van der Waals surface area contributed by atoms with Crippen molar-refractivity contribution in [2.75, 3.05) is 6.61 Å². The highest BCUT2D eigenvalue weighted by Crippen LogP contribution is 2.47. The lowest BCUT2D eigenvalue weighted by molar-refractivity contribution is -0.227. The number of ether oxygens (including phenoxy) is 2. The van der Waals surface area contributed by atoms with Gasteiger partial charge in [0.05, 0.1) is 6.61 Å². The highest BCUT2D eigenvalue weighted by molar-refractivity contribution is 6.04. The lowest BCUT2D eigenvalue weighted by Gasteiger charge is -2.48. The largest absolute Gasteiger partial charge is 0.464 e. The summed E-state index contributed by atoms with van der Waals surface area (Å²) in [5.74, 6) is -0.0839. The first kappa shape index (κ1) is 23.0. The molecule has 152 valence electrons. The monoisotopic (exact) mass is 368 g/mol. The van der Waals surface area contributed by atoms with E-state index in [0.29, 0.717) is 18.9 Å². The van der Waals surface area contributed by atoms with E-state index in [9.17, 15) is 9.59 Å². The van der Waals surface area contributed by atoms with E-state index < -0.39 is 5.41 Å². The standard InChI is InChI=1S/C22H40O4/c1-6-11-13-17(9-4)16-25-20(23)22(15-8-3)19(26-21(22)24)18(10-5)14-12-7-2/h17-19H,6-16H2,1-5H3. The summed E-state index contributed by atoms with van der Waals surface area (Å²) in [4.78, 5) is 25.5. The fourth-order valence-corrected chi connectivity index (χ4v) is 4.07. The maximum Gasteiger partial charge on any atom is 0.327 e. The molecule has 0 bridgehead atoms. The van der Waals surface area contributed by atoms with E-state index in [4.69, 9.17) is 9.47 Å². The van der Waals surface area contributed by atoms with Gasteiger partial charge in [-0.3, -0.25) is 9.59 Å². The molecule has 4 atom stereocenters. The van der Waals surface area contributed by atoms with Gasteiger partial charge in [-0.2, -0.15) is 0 Å². The molecule has 1 saturated heterocycles. The molecule has 4 heteroatoms. The van der Waals surface area contributed by atoms with Gasteiger partial charge in [0, 0.05) is 0 Å². The van der Waals surface area contributed by atoms with Gasteiger partial charge in [0.25, 0.3) is 0 Å². The molecule has 0 amide bonds. The van der Waals surface area contributed by atoms with Gasteiger partial charge in [0.1, 0.15) is 6.10 Å². The van der Waals surface area contributed by atoms with Crippen LogP contribution in [-0.4, -0.2) is 24.6 Å². The quantitative estimate of drug-likeness (QED) is 0.293. The normalized spacial score (nSPS) is 24.5. The van der Waals surface area contributed by atoms with Crippen LogP contribution in [0.2, 0.25) is 0 Å². The lowest BCUT2D eigenvalue weighted by Crippen LogP contribution is -2.64. The van der Waals surface area contributed by atoms with Crippen molar-refractivity contribution in [1.82, 2.24) is 0 Å². The molecule has 1 fully saturated rings. The minimum absolute atomic E-state index is 0.244. The Morgan fingerprint density at radius 1 is 1.04 bits per heavy atom. The number of hydrogen-bond acceptors (Lipinski definition) is 4. The fourth-order valence-electron chi connectivity index (χ4n) is 4.07.